The van der Waals surface area contributed by atoms with Crippen LogP contribution in [0.5, 0.6) is 0 Å². The summed E-state index contributed by atoms with van der Waals surface area (Å²) in [7, 11) is 0. The van der Waals surface area contributed by atoms with E-state index in [1.54, 1.807) is 6.26 Å². The van der Waals surface area contributed by atoms with E-state index in [9.17, 15) is 9.18 Å². The normalized spacial score (nSPS) is 19.1. The van der Waals surface area contributed by atoms with Crippen LogP contribution in [0.4, 0.5) is 4.39 Å². The van der Waals surface area contributed by atoms with Gasteiger partial charge in [-0.05, 0) is 42.4 Å². The standard InChI is InChI=1S/C22H27ClFN3O2/c1-21(2,3)20-26-18(11-29-20)10-27-12-22(13-27)7-14(8-22)9-25-19(28)15-4-16(23)6-17(24)5-15/h4-6,11,14H,7-10,12-13H2,1-3H3,(H,25,28). The summed E-state index contributed by atoms with van der Waals surface area (Å²) in [5.41, 5.74) is 1.56. The third kappa shape index (κ3) is 4.48. The molecule has 4 rings (SSSR count). The molecule has 156 valence electrons. The molecule has 1 aliphatic carbocycles. The third-order valence-corrected chi connectivity index (χ3v) is 6.03. The van der Waals surface area contributed by atoms with Crippen LogP contribution in [-0.4, -0.2) is 35.4 Å². The number of nitrogens with zero attached hydrogens (tertiary/aromatic N) is 2. The third-order valence-electron chi connectivity index (χ3n) is 5.82. The number of hydrogen-bond acceptors (Lipinski definition) is 4. The first-order valence-corrected chi connectivity index (χ1v) is 10.4. The Bertz CT molecular complexity index is 887. The maximum Gasteiger partial charge on any atom is 0.251 e. The summed E-state index contributed by atoms with van der Waals surface area (Å²) in [6, 6.07) is 3.89. The number of carbonyl (C=O) groups is 1. The van der Waals surface area contributed by atoms with Crippen molar-refractivity contribution in [1.82, 2.24) is 15.2 Å². The number of carbonyl (C=O) groups excluding carboxylic acids is 1. The van der Waals surface area contributed by atoms with Gasteiger partial charge >= 0.3 is 0 Å². The fourth-order valence-corrected chi connectivity index (χ4v) is 4.78. The van der Waals surface area contributed by atoms with E-state index >= 15 is 0 Å². The van der Waals surface area contributed by atoms with E-state index in [1.165, 1.54) is 18.2 Å². The average molecular weight is 420 g/mol. The molecular weight excluding hydrogens is 393 g/mol. The van der Waals surface area contributed by atoms with Gasteiger partial charge in [-0.3, -0.25) is 9.69 Å². The molecule has 2 aliphatic rings. The minimum atomic E-state index is -0.499. The van der Waals surface area contributed by atoms with Crippen molar-refractivity contribution < 1.29 is 13.6 Å². The summed E-state index contributed by atoms with van der Waals surface area (Å²) in [5, 5.41) is 3.14. The number of halogens is 2. The van der Waals surface area contributed by atoms with E-state index in [0.29, 0.717) is 17.9 Å². The molecule has 1 spiro atoms. The smallest absolute Gasteiger partial charge is 0.251 e. The second-order valence-electron chi connectivity index (χ2n) is 9.68. The Morgan fingerprint density at radius 2 is 2.07 bits per heavy atom. The molecule has 2 heterocycles. The van der Waals surface area contributed by atoms with Gasteiger partial charge in [0.1, 0.15) is 12.1 Å². The van der Waals surface area contributed by atoms with Crippen molar-refractivity contribution in [2.24, 2.45) is 11.3 Å². The molecule has 5 nitrogen and oxygen atoms in total. The lowest BCUT2D eigenvalue weighted by molar-refractivity contribution is -0.0971. The second kappa shape index (κ2) is 7.40. The van der Waals surface area contributed by atoms with Gasteiger partial charge in [-0.1, -0.05) is 32.4 Å². The topological polar surface area (TPSA) is 58.4 Å². The number of aromatic nitrogens is 1. The van der Waals surface area contributed by atoms with Gasteiger partial charge in [0.05, 0.1) is 5.69 Å². The fraction of sp³-hybridized carbons (Fsp3) is 0.545. The van der Waals surface area contributed by atoms with Gasteiger partial charge in [0, 0.05) is 42.2 Å². The predicted octanol–water partition coefficient (Wildman–Crippen LogP) is 4.41. The Balaban J connectivity index is 1.19. The van der Waals surface area contributed by atoms with Crippen LogP contribution < -0.4 is 5.32 Å². The first-order chi connectivity index (χ1) is 13.6. The SMILES string of the molecule is CC(C)(C)c1nc(CN2CC3(CC(CNC(=O)c4cc(F)cc(Cl)c4)C3)C2)co1. The monoisotopic (exact) mass is 419 g/mol. The molecule has 1 saturated carbocycles. The molecule has 2 aromatic rings. The summed E-state index contributed by atoms with van der Waals surface area (Å²) in [6.45, 7) is 9.85. The van der Waals surface area contributed by atoms with Crippen LogP contribution in [0.15, 0.2) is 28.9 Å². The van der Waals surface area contributed by atoms with Gasteiger partial charge in [0.25, 0.3) is 5.91 Å². The van der Waals surface area contributed by atoms with E-state index in [4.69, 9.17) is 16.0 Å². The lowest BCUT2D eigenvalue weighted by atomic mass is 9.57. The van der Waals surface area contributed by atoms with Gasteiger partial charge in [-0.25, -0.2) is 9.37 Å². The van der Waals surface area contributed by atoms with Crippen molar-refractivity contribution in [3.8, 4) is 0 Å². The van der Waals surface area contributed by atoms with E-state index < -0.39 is 5.82 Å². The zero-order valence-electron chi connectivity index (χ0n) is 17.1. The maximum atomic E-state index is 13.4. The van der Waals surface area contributed by atoms with Gasteiger partial charge in [0.2, 0.25) is 0 Å². The van der Waals surface area contributed by atoms with Crippen LogP contribution in [0.3, 0.4) is 0 Å². The number of rotatable bonds is 5. The van der Waals surface area contributed by atoms with Crippen LogP contribution in [0.1, 0.15) is 55.6 Å². The molecule has 1 amide bonds. The molecule has 1 N–H and O–H groups in total. The van der Waals surface area contributed by atoms with Crippen LogP contribution in [0, 0.1) is 17.2 Å². The molecule has 1 aromatic heterocycles. The lowest BCUT2D eigenvalue weighted by Gasteiger charge is -2.59. The van der Waals surface area contributed by atoms with Crippen LogP contribution in [-0.2, 0) is 12.0 Å². The molecule has 0 unspecified atom stereocenters. The van der Waals surface area contributed by atoms with E-state index in [1.807, 2.05) is 0 Å². The van der Waals surface area contributed by atoms with E-state index in [0.717, 1.165) is 44.1 Å². The van der Waals surface area contributed by atoms with Crippen molar-refractivity contribution in [2.45, 2.75) is 45.6 Å². The van der Waals surface area contributed by atoms with E-state index in [2.05, 4.69) is 36.0 Å². The van der Waals surface area contributed by atoms with Crippen LogP contribution in [0.2, 0.25) is 5.02 Å². The highest BCUT2D eigenvalue weighted by Crippen LogP contribution is 2.51. The van der Waals surface area contributed by atoms with Crippen molar-refractivity contribution >= 4 is 17.5 Å². The zero-order chi connectivity index (χ0) is 20.8. The minimum Gasteiger partial charge on any atom is -0.448 e. The Morgan fingerprint density at radius 3 is 2.69 bits per heavy atom. The number of oxazole rings is 1. The minimum absolute atomic E-state index is 0.0725. The molecule has 1 saturated heterocycles. The van der Waals surface area contributed by atoms with Crippen LogP contribution in [0.25, 0.3) is 0 Å². The molecular formula is C22H27ClFN3O2. The molecule has 29 heavy (non-hydrogen) atoms. The molecule has 7 heteroatoms. The molecule has 0 radical (unpaired) electrons. The number of nitrogens with one attached hydrogen (secondary N) is 1. The highest BCUT2D eigenvalue weighted by atomic mass is 35.5. The predicted molar refractivity (Wildman–Crippen MR) is 109 cm³/mol. The molecule has 1 aliphatic heterocycles. The number of amides is 1. The first kappa shape index (κ1) is 20.4. The summed E-state index contributed by atoms with van der Waals surface area (Å²) in [4.78, 5) is 19.2. The lowest BCUT2D eigenvalue weighted by Crippen LogP contribution is -2.62. The largest absolute Gasteiger partial charge is 0.448 e. The molecule has 2 fully saturated rings. The Labute approximate surface area is 175 Å². The number of benzene rings is 1. The summed E-state index contributed by atoms with van der Waals surface area (Å²) in [6.07, 6.45) is 3.99. The van der Waals surface area contributed by atoms with E-state index in [-0.39, 0.29) is 21.9 Å². The Hall–Kier alpha value is -1.92. The quantitative estimate of drug-likeness (QED) is 0.780. The van der Waals surface area contributed by atoms with Crippen molar-refractivity contribution in [2.75, 3.05) is 19.6 Å². The number of hydrogen-bond donors (Lipinski definition) is 1. The summed E-state index contributed by atoms with van der Waals surface area (Å²) < 4.78 is 19.0. The average Bonchev–Trinajstić information content (AvgIpc) is 3.02. The second-order valence-corrected chi connectivity index (χ2v) is 10.1. The zero-order valence-corrected chi connectivity index (χ0v) is 17.9. The molecule has 0 atom stereocenters. The molecule has 0 bridgehead atoms. The highest BCUT2D eigenvalue weighted by Gasteiger charge is 2.51. The number of likely N-dealkylation sites (tertiary alicyclic amines) is 1. The van der Waals surface area contributed by atoms with Gasteiger partial charge in [-0.15, -0.1) is 0 Å². The van der Waals surface area contributed by atoms with Crippen molar-refractivity contribution in [1.29, 1.82) is 0 Å². The van der Waals surface area contributed by atoms with Gasteiger partial charge in [-0.2, -0.15) is 0 Å². The van der Waals surface area contributed by atoms with Gasteiger partial charge in [0.15, 0.2) is 5.89 Å². The fourth-order valence-electron chi connectivity index (χ4n) is 4.56. The summed E-state index contributed by atoms with van der Waals surface area (Å²) in [5.74, 6) is 0.483. The Kier molecular flexibility index (Phi) is 5.20. The van der Waals surface area contributed by atoms with Gasteiger partial charge < -0.3 is 9.73 Å². The molecule has 1 aromatic carbocycles. The highest BCUT2D eigenvalue weighted by molar-refractivity contribution is 6.31. The van der Waals surface area contributed by atoms with Crippen LogP contribution >= 0.6 is 11.6 Å². The Morgan fingerprint density at radius 1 is 1.34 bits per heavy atom. The summed E-state index contributed by atoms with van der Waals surface area (Å²) >= 11 is 5.82. The van der Waals surface area contributed by atoms with Crippen molar-refractivity contribution in [3.63, 3.8) is 0 Å². The maximum absolute atomic E-state index is 13.4. The first-order valence-electron chi connectivity index (χ1n) is 10.0. The van der Waals surface area contributed by atoms with Crippen molar-refractivity contribution in [3.05, 3.63) is 52.5 Å².